The Morgan fingerprint density at radius 3 is 2.62 bits per heavy atom. The first-order valence-electron chi connectivity index (χ1n) is 9.26. The molecule has 0 fully saturated rings. The first kappa shape index (κ1) is 20.8. The molecule has 0 bridgehead atoms. The van der Waals surface area contributed by atoms with Crippen LogP contribution in [-0.4, -0.2) is 24.8 Å². The van der Waals surface area contributed by atoms with E-state index in [0.29, 0.717) is 33.4 Å². The molecule has 0 saturated carbocycles. The summed E-state index contributed by atoms with van der Waals surface area (Å²) in [6, 6.07) is 11.7. The molecule has 1 atom stereocenters. The molecule has 5 nitrogen and oxygen atoms in total. The first-order chi connectivity index (χ1) is 13.9. The summed E-state index contributed by atoms with van der Waals surface area (Å²) in [7, 11) is 1.57. The highest BCUT2D eigenvalue weighted by Gasteiger charge is 2.36. The van der Waals surface area contributed by atoms with Gasteiger partial charge in [-0.15, -0.1) is 0 Å². The molecular formula is C22H23FN2O3S. The maximum Gasteiger partial charge on any atom is 0.338 e. The number of hydrogen-bond donors (Lipinski definition) is 1. The maximum absolute atomic E-state index is 14.2. The lowest BCUT2D eigenvalue weighted by Gasteiger charge is -2.37. The van der Waals surface area contributed by atoms with Crippen LogP contribution in [0.3, 0.4) is 0 Å². The van der Waals surface area contributed by atoms with E-state index in [-0.39, 0.29) is 12.4 Å². The third kappa shape index (κ3) is 3.96. The number of aryl methyl sites for hydroxylation is 1. The molecule has 0 radical (unpaired) electrons. The van der Waals surface area contributed by atoms with Gasteiger partial charge < -0.3 is 14.8 Å². The number of carbonyl (C=O) groups excluding carboxylic acids is 1. The van der Waals surface area contributed by atoms with Crippen molar-refractivity contribution in [2.45, 2.75) is 26.8 Å². The van der Waals surface area contributed by atoms with Gasteiger partial charge in [-0.1, -0.05) is 24.3 Å². The summed E-state index contributed by atoms with van der Waals surface area (Å²) >= 11 is 5.59. The number of esters is 1. The number of ether oxygens (including phenoxy) is 2. The molecule has 1 aliphatic rings. The van der Waals surface area contributed by atoms with Crippen molar-refractivity contribution in [1.82, 2.24) is 5.32 Å². The summed E-state index contributed by atoms with van der Waals surface area (Å²) in [5.41, 5.74) is 2.79. The molecule has 152 valence electrons. The zero-order valence-corrected chi connectivity index (χ0v) is 17.6. The van der Waals surface area contributed by atoms with Crippen LogP contribution in [0.4, 0.5) is 10.1 Å². The van der Waals surface area contributed by atoms with E-state index in [4.69, 9.17) is 21.7 Å². The van der Waals surface area contributed by atoms with E-state index in [1.807, 2.05) is 24.3 Å². The molecule has 0 spiro atoms. The van der Waals surface area contributed by atoms with Gasteiger partial charge in [0.15, 0.2) is 5.11 Å². The fraction of sp³-hybridized carbons (Fsp3) is 0.273. The summed E-state index contributed by atoms with van der Waals surface area (Å²) < 4.78 is 25.0. The van der Waals surface area contributed by atoms with Crippen LogP contribution in [0.2, 0.25) is 0 Å². The number of allylic oxidation sites excluding steroid dienone is 1. The third-order valence-corrected chi connectivity index (χ3v) is 5.14. The van der Waals surface area contributed by atoms with Crippen LogP contribution in [0.25, 0.3) is 0 Å². The normalized spacial score (nSPS) is 16.5. The van der Waals surface area contributed by atoms with Crippen LogP contribution in [0.5, 0.6) is 5.75 Å². The molecule has 2 aromatic carbocycles. The fourth-order valence-corrected chi connectivity index (χ4v) is 3.75. The molecule has 0 saturated heterocycles. The zero-order valence-electron chi connectivity index (χ0n) is 16.8. The van der Waals surface area contributed by atoms with E-state index in [0.717, 1.165) is 5.56 Å². The third-order valence-electron chi connectivity index (χ3n) is 4.84. The van der Waals surface area contributed by atoms with Crippen molar-refractivity contribution < 1.29 is 18.7 Å². The van der Waals surface area contributed by atoms with Crippen LogP contribution in [0.15, 0.2) is 53.7 Å². The van der Waals surface area contributed by atoms with Crippen LogP contribution in [0.1, 0.15) is 31.0 Å². The number of halogens is 1. The minimum atomic E-state index is -0.552. The van der Waals surface area contributed by atoms with Gasteiger partial charge in [0.1, 0.15) is 11.6 Å². The number of nitrogens with one attached hydrogen (secondary N) is 1. The number of nitrogens with zero attached hydrogens (tertiary/aromatic N) is 1. The highest BCUT2D eigenvalue weighted by Crippen LogP contribution is 2.37. The number of carbonyl (C=O) groups is 1. The van der Waals surface area contributed by atoms with Gasteiger partial charge in [-0.2, -0.15) is 0 Å². The maximum atomic E-state index is 14.2. The summed E-state index contributed by atoms with van der Waals surface area (Å²) in [5.74, 6) is -0.187. The molecule has 0 amide bonds. The molecule has 7 heteroatoms. The van der Waals surface area contributed by atoms with E-state index in [1.165, 1.54) is 6.07 Å². The Morgan fingerprint density at radius 2 is 1.97 bits per heavy atom. The summed E-state index contributed by atoms with van der Waals surface area (Å²) in [5, 5.41) is 3.56. The van der Waals surface area contributed by atoms with Crippen LogP contribution in [0, 0.1) is 12.7 Å². The monoisotopic (exact) mass is 414 g/mol. The average molecular weight is 415 g/mol. The molecule has 29 heavy (non-hydrogen) atoms. The van der Waals surface area contributed by atoms with Gasteiger partial charge in [-0.3, -0.25) is 4.90 Å². The second-order valence-corrected chi connectivity index (χ2v) is 7.00. The Kier molecular flexibility index (Phi) is 6.17. The average Bonchev–Trinajstić information content (AvgIpc) is 2.70. The molecule has 1 aliphatic heterocycles. The lowest BCUT2D eigenvalue weighted by atomic mass is 9.94. The van der Waals surface area contributed by atoms with Crippen molar-refractivity contribution in [3.63, 3.8) is 0 Å². The highest BCUT2D eigenvalue weighted by molar-refractivity contribution is 7.80. The Labute approximate surface area is 175 Å². The fourth-order valence-electron chi connectivity index (χ4n) is 3.39. The van der Waals surface area contributed by atoms with Gasteiger partial charge in [0.2, 0.25) is 0 Å². The molecular weight excluding hydrogens is 391 g/mol. The van der Waals surface area contributed by atoms with Crippen LogP contribution < -0.4 is 15.0 Å². The quantitative estimate of drug-likeness (QED) is 0.578. The van der Waals surface area contributed by atoms with E-state index in [9.17, 15) is 9.18 Å². The topological polar surface area (TPSA) is 50.8 Å². The van der Waals surface area contributed by atoms with E-state index in [2.05, 4.69) is 5.32 Å². The molecule has 1 heterocycles. The number of para-hydroxylation sites is 1. The van der Waals surface area contributed by atoms with Crippen molar-refractivity contribution in [2.24, 2.45) is 0 Å². The molecule has 3 rings (SSSR count). The standard InChI is InChI=1S/C22H23FN2O3S/c1-5-28-21(26)19-14(3)25(15-11-10-13(2)17(23)12-15)22(29)24-20(19)16-8-6-7-9-18(16)27-4/h6-12,20H,5H2,1-4H3,(H,24,29). The Hall–Kier alpha value is -2.93. The number of benzene rings is 2. The number of rotatable bonds is 5. The predicted molar refractivity (Wildman–Crippen MR) is 114 cm³/mol. The Balaban J connectivity index is 2.17. The van der Waals surface area contributed by atoms with Gasteiger partial charge in [0.25, 0.3) is 0 Å². The van der Waals surface area contributed by atoms with E-state index in [1.54, 1.807) is 44.9 Å². The van der Waals surface area contributed by atoms with Gasteiger partial charge in [-0.05, 0) is 56.8 Å². The second kappa shape index (κ2) is 8.61. The van der Waals surface area contributed by atoms with Crippen molar-refractivity contribution in [3.05, 3.63) is 70.7 Å². The lowest BCUT2D eigenvalue weighted by molar-refractivity contribution is -0.139. The van der Waals surface area contributed by atoms with Crippen molar-refractivity contribution in [1.29, 1.82) is 0 Å². The van der Waals surface area contributed by atoms with Gasteiger partial charge in [0.05, 0.1) is 31.0 Å². The number of anilines is 1. The first-order valence-corrected chi connectivity index (χ1v) is 9.67. The SMILES string of the molecule is CCOC(=O)C1=C(C)N(c2ccc(C)c(F)c2)C(=S)NC1c1ccccc1OC. The van der Waals surface area contributed by atoms with Crippen molar-refractivity contribution in [3.8, 4) is 5.75 Å². The number of methoxy groups -OCH3 is 1. The van der Waals surface area contributed by atoms with Crippen LogP contribution in [-0.2, 0) is 9.53 Å². The largest absolute Gasteiger partial charge is 0.496 e. The molecule has 2 aromatic rings. The molecule has 0 aliphatic carbocycles. The smallest absolute Gasteiger partial charge is 0.338 e. The summed E-state index contributed by atoms with van der Waals surface area (Å²) in [6.07, 6.45) is 0. The van der Waals surface area contributed by atoms with Crippen molar-refractivity contribution in [2.75, 3.05) is 18.6 Å². The highest BCUT2D eigenvalue weighted by atomic mass is 32.1. The summed E-state index contributed by atoms with van der Waals surface area (Å²) in [4.78, 5) is 14.5. The van der Waals surface area contributed by atoms with E-state index < -0.39 is 12.0 Å². The molecule has 1 unspecified atom stereocenters. The zero-order chi connectivity index (χ0) is 21.1. The second-order valence-electron chi connectivity index (χ2n) is 6.61. The number of hydrogen-bond acceptors (Lipinski definition) is 4. The van der Waals surface area contributed by atoms with Crippen LogP contribution >= 0.6 is 12.2 Å². The molecule has 0 aromatic heterocycles. The summed E-state index contributed by atoms with van der Waals surface area (Å²) in [6.45, 7) is 5.45. The minimum Gasteiger partial charge on any atom is -0.496 e. The molecule has 1 N–H and O–H groups in total. The number of thiocarbonyl (C=S) groups is 1. The van der Waals surface area contributed by atoms with Gasteiger partial charge in [0, 0.05) is 11.3 Å². The minimum absolute atomic E-state index is 0.234. The lowest BCUT2D eigenvalue weighted by Crippen LogP contribution is -2.48. The van der Waals surface area contributed by atoms with Gasteiger partial charge in [-0.25, -0.2) is 9.18 Å². The van der Waals surface area contributed by atoms with Gasteiger partial charge >= 0.3 is 5.97 Å². The van der Waals surface area contributed by atoms with E-state index >= 15 is 0 Å². The predicted octanol–water partition coefficient (Wildman–Crippen LogP) is 4.42. The van der Waals surface area contributed by atoms with Crippen molar-refractivity contribution >= 4 is 29.0 Å². The Bertz CT molecular complexity index is 990. The Morgan fingerprint density at radius 1 is 1.24 bits per heavy atom.